The molecule has 6 N–H and O–H groups in total. The van der Waals surface area contributed by atoms with Crippen LogP contribution < -0.4 is 21.3 Å². The molecule has 10 nitrogen and oxygen atoms in total. The Bertz CT molecular complexity index is 663. The summed E-state index contributed by atoms with van der Waals surface area (Å²) in [6.45, 7) is 8.49. The van der Waals surface area contributed by atoms with Gasteiger partial charge in [-0.05, 0) is 45.6 Å². The highest BCUT2D eigenvalue weighted by Gasteiger charge is 2.31. The Morgan fingerprint density at radius 3 is 1.85 bits per heavy atom. The van der Waals surface area contributed by atoms with E-state index >= 15 is 0 Å². The highest BCUT2D eigenvalue weighted by Crippen LogP contribution is 2.25. The summed E-state index contributed by atoms with van der Waals surface area (Å²) in [5.41, 5.74) is 0. The number of carboxylic acid groups (broad SMARTS) is 1. The topological polar surface area (TPSA) is 157 Å². The quantitative estimate of drug-likeness (QED) is 0.229. The third-order valence-corrected chi connectivity index (χ3v) is 6.17. The van der Waals surface area contributed by atoms with Crippen LogP contribution in [0.4, 0.5) is 0 Å². The van der Waals surface area contributed by atoms with Gasteiger partial charge in [0, 0.05) is 0 Å². The lowest BCUT2D eigenvalue weighted by atomic mass is 9.87. The molecule has 0 saturated heterocycles. The van der Waals surface area contributed by atoms with Crippen molar-refractivity contribution in [3.8, 4) is 0 Å². The zero-order chi connectivity index (χ0) is 25.1. The number of amides is 3. The van der Waals surface area contributed by atoms with E-state index in [1.165, 1.54) is 46.0 Å². The van der Waals surface area contributed by atoms with Gasteiger partial charge in [-0.25, -0.2) is 4.79 Å². The summed E-state index contributed by atoms with van der Waals surface area (Å²) in [5, 5.41) is 29.8. The molecule has 0 spiro atoms. The molecule has 1 rings (SSSR count). The summed E-state index contributed by atoms with van der Waals surface area (Å²) in [7, 11) is 0. The minimum absolute atomic E-state index is 0.342. The van der Waals surface area contributed by atoms with Crippen LogP contribution in [0.5, 0.6) is 0 Å². The van der Waals surface area contributed by atoms with Gasteiger partial charge in [0.2, 0.25) is 17.7 Å². The summed E-state index contributed by atoms with van der Waals surface area (Å²) in [6, 6.07) is -3.95. The minimum atomic E-state index is -1.25. The summed E-state index contributed by atoms with van der Waals surface area (Å²) in [6.07, 6.45) is 6.07. The first kappa shape index (κ1) is 28.8. The van der Waals surface area contributed by atoms with Gasteiger partial charge in [-0.2, -0.15) is 0 Å². The van der Waals surface area contributed by atoms with E-state index in [2.05, 4.69) is 21.3 Å². The third kappa shape index (κ3) is 10.1. The fourth-order valence-electron chi connectivity index (χ4n) is 3.92. The predicted octanol–water partition coefficient (Wildman–Crippen LogP) is 0.531. The van der Waals surface area contributed by atoms with Crippen molar-refractivity contribution in [3.63, 3.8) is 0 Å². The van der Waals surface area contributed by atoms with Crippen molar-refractivity contribution >= 4 is 23.7 Å². The zero-order valence-corrected chi connectivity index (χ0v) is 20.5. The summed E-state index contributed by atoms with van der Waals surface area (Å²) in [4.78, 5) is 48.8. The molecule has 190 valence electrons. The average Bonchev–Trinajstić information content (AvgIpc) is 2.75. The van der Waals surface area contributed by atoms with Crippen LogP contribution in [0.25, 0.3) is 0 Å². The molecule has 0 heterocycles. The summed E-state index contributed by atoms with van der Waals surface area (Å²) < 4.78 is 0. The largest absolute Gasteiger partial charge is 0.480 e. The summed E-state index contributed by atoms with van der Waals surface area (Å²) in [5.74, 6) is -2.66. The van der Waals surface area contributed by atoms with Crippen molar-refractivity contribution in [1.82, 2.24) is 21.3 Å². The van der Waals surface area contributed by atoms with E-state index in [4.69, 9.17) is 0 Å². The SMILES string of the molecule is CC(C)[C@H](NC(=O)[C@H](C)NC(=O)[C@@H](NC(=O)[C@H](C)NCCC1CCCCC1)[C@@H](C)O)C(=O)O. The van der Waals surface area contributed by atoms with Crippen LogP contribution in [0.2, 0.25) is 0 Å². The number of hydrogen-bond donors (Lipinski definition) is 6. The minimum Gasteiger partial charge on any atom is -0.480 e. The Labute approximate surface area is 196 Å². The van der Waals surface area contributed by atoms with Gasteiger partial charge in [-0.15, -0.1) is 0 Å². The van der Waals surface area contributed by atoms with Crippen LogP contribution in [-0.2, 0) is 19.2 Å². The van der Waals surface area contributed by atoms with Crippen LogP contribution in [0.1, 0.15) is 73.1 Å². The van der Waals surface area contributed by atoms with Crippen LogP contribution in [0.3, 0.4) is 0 Å². The number of nitrogens with one attached hydrogen (secondary N) is 4. The molecular weight excluding hydrogens is 428 g/mol. The Hall–Kier alpha value is -2.20. The number of aliphatic carboxylic acids is 1. The second kappa shape index (κ2) is 14.1. The molecule has 1 saturated carbocycles. The molecule has 0 unspecified atom stereocenters. The zero-order valence-electron chi connectivity index (χ0n) is 20.5. The number of aliphatic hydroxyl groups is 1. The Balaban J connectivity index is 2.56. The highest BCUT2D eigenvalue weighted by atomic mass is 16.4. The molecule has 0 bridgehead atoms. The Morgan fingerprint density at radius 1 is 0.788 bits per heavy atom. The van der Waals surface area contributed by atoms with Gasteiger partial charge in [0.15, 0.2) is 0 Å². The molecule has 1 aliphatic carbocycles. The highest BCUT2D eigenvalue weighted by molar-refractivity contribution is 5.94. The second-order valence-electron chi connectivity index (χ2n) is 9.49. The second-order valence-corrected chi connectivity index (χ2v) is 9.49. The Kier molecular flexibility index (Phi) is 12.4. The van der Waals surface area contributed by atoms with Crippen molar-refractivity contribution in [2.45, 2.75) is 103 Å². The molecule has 0 aromatic heterocycles. The first-order valence-corrected chi connectivity index (χ1v) is 12.0. The molecule has 0 aliphatic heterocycles. The van der Waals surface area contributed by atoms with Crippen molar-refractivity contribution < 1.29 is 29.4 Å². The van der Waals surface area contributed by atoms with Gasteiger partial charge in [0.05, 0.1) is 12.1 Å². The van der Waals surface area contributed by atoms with Crippen molar-refractivity contribution in [2.75, 3.05) is 6.54 Å². The van der Waals surface area contributed by atoms with E-state index in [9.17, 15) is 29.4 Å². The van der Waals surface area contributed by atoms with Crippen LogP contribution in [0.15, 0.2) is 0 Å². The van der Waals surface area contributed by atoms with Crippen molar-refractivity contribution in [2.24, 2.45) is 11.8 Å². The number of carboxylic acids is 1. The maximum atomic E-state index is 12.6. The van der Waals surface area contributed by atoms with E-state index in [-0.39, 0.29) is 5.92 Å². The van der Waals surface area contributed by atoms with Crippen LogP contribution in [-0.4, -0.2) is 70.7 Å². The predicted molar refractivity (Wildman–Crippen MR) is 124 cm³/mol. The molecule has 10 heteroatoms. The van der Waals surface area contributed by atoms with Gasteiger partial charge in [0.25, 0.3) is 0 Å². The molecular formula is C23H42N4O6. The molecule has 5 atom stereocenters. The van der Waals surface area contributed by atoms with E-state index in [1.807, 2.05) is 0 Å². The first-order valence-electron chi connectivity index (χ1n) is 12.0. The van der Waals surface area contributed by atoms with E-state index in [0.717, 1.165) is 6.42 Å². The van der Waals surface area contributed by atoms with Gasteiger partial charge in [-0.1, -0.05) is 46.0 Å². The number of rotatable bonds is 13. The summed E-state index contributed by atoms with van der Waals surface area (Å²) >= 11 is 0. The van der Waals surface area contributed by atoms with Crippen LogP contribution >= 0.6 is 0 Å². The Morgan fingerprint density at radius 2 is 1.33 bits per heavy atom. The number of aliphatic hydroxyl groups excluding tert-OH is 1. The normalized spacial score (nSPS) is 19.1. The lowest BCUT2D eigenvalue weighted by Gasteiger charge is -2.26. The maximum Gasteiger partial charge on any atom is 0.326 e. The molecule has 1 aliphatic rings. The van der Waals surface area contributed by atoms with Gasteiger partial charge in [-0.3, -0.25) is 14.4 Å². The molecule has 33 heavy (non-hydrogen) atoms. The number of carbonyl (C=O) groups excluding carboxylic acids is 3. The molecule has 0 aromatic rings. The third-order valence-electron chi connectivity index (χ3n) is 6.17. The van der Waals surface area contributed by atoms with E-state index < -0.39 is 54.0 Å². The average molecular weight is 471 g/mol. The molecule has 0 radical (unpaired) electrons. The van der Waals surface area contributed by atoms with Gasteiger partial charge in [0.1, 0.15) is 18.1 Å². The molecule has 3 amide bonds. The molecule has 1 fully saturated rings. The number of carbonyl (C=O) groups is 4. The smallest absolute Gasteiger partial charge is 0.326 e. The molecule has 0 aromatic carbocycles. The van der Waals surface area contributed by atoms with Crippen molar-refractivity contribution in [3.05, 3.63) is 0 Å². The number of hydrogen-bond acceptors (Lipinski definition) is 6. The van der Waals surface area contributed by atoms with E-state index in [1.54, 1.807) is 20.8 Å². The standard InChI is InChI=1S/C23H42N4O6/c1-13(2)18(23(32)33)26-21(30)15(4)25-22(31)19(16(5)28)27-20(29)14(3)24-12-11-17-9-7-6-8-10-17/h13-19,24,28H,6-12H2,1-5H3,(H,25,31)(H,26,30)(H,27,29)(H,32,33)/t14-,15-,16+,18-,19-/m0/s1. The maximum absolute atomic E-state index is 12.6. The fourth-order valence-corrected chi connectivity index (χ4v) is 3.92. The van der Waals surface area contributed by atoms with Crippen molar-refractivity contribution in [1.29, 1.82) is 0 Å². The van der Waals surface area contributed by atoms with Gasteiger partial charge < -0.3 is 31.5 Å². The van der Waals surface area contributed by atoms with Crippen LogP contribution in [0, 0.1) is 11.8 Å². The van der Waals surface area contributed by atoms with Gasteiger partial charge >= 0.3 is 5.97 Å². The first-order chi connectivity index (χ1) is 15.4. The monoisotopic (exact) mass is 470 g/mol. The fraction of sp³-hybridized carbons (Fsp3) is 0.826. The van der Waals surface area contributed by atoms with E-state index in [0.29, 0.717) is 12.5 Å². The lowest BCUT2D eigenvalue weighted by molar-refractivity contribution is -0.143. The lowest BCUT2D eigenvalue weighted by Crippen LogP contribution is -2.59.